The third-order valence-corrected chi connectivity index (χ3v) is 4.46. The lowest BCUT2D eigenvalue weighted by Gasteiger charge is -2.30. The number of hydrogen-bond acceptors (Lipinski definition) is 2. The van der Waals surface area contributed by atoms with Crippen molar-refractivity contribution in [2.24, 2.45) is 5.11 Å². The van der Waals surface area contributed by atoms with Gasteiger partial charge in [0.15, 0.2) is 0 Å². The number of fused-ring (bicyclic) bond motifs is 1. The molecule has 0 N–H and O–H groups in total. The van der Waals surface area contributed by atoms with Crippen LogP contribution < -0.4 is 4.74 Å². The monoisotopic (exact) mass is 313 g/mol. The van der Waals surface area contributed by atoms with E-state index >= 15 is 0 Å². The van der Waals surface area contributed by atoms with Crippen molar-refractivity contribution in [1.82, 2.24) is 0 Å². The molecule has 0 aliphatic heterocycles. The molecule has 0 fully saturated rings. The molecule has 2 aromatic rings. The van der Waals surface area contributed by atoms with Gasteiger partial charge in [0.2, 0.25) is 0 Å². The maximum absolute atomic E-state index is 8.77. The Hall–Kier alpha value is -2.16. The van der Waals surface area contributed by atoms with Crippen molar-refractivity contribution in [3.63, 3.8) is 0 Å². The number of halogens is 1. The Balaban J connectivity index is 2.12. The van der Waals surface area contributed by atoms with E-state index in [4.69, 9.17) is 21.9 Å². The zero-order valence-corrected chi connectivity index (χ0v) is 13.0. The van der Waals surface area contributed by atoms with Crippen LogP contribution >= 0.6 is 11.6 Å². The zero-order valence-electron chi connectivity index (χ0n) is 12.2. The summed E-state index contributed by atoms with van der Waals surface area (Å²) in [5, 5.41) is 4.53. The van der Waals surface area contributed by atoms with Gasteiger partial charge in [-0.05, 0) is 47.2 Å². The lowest BCUT2D eigenvalue weighted by Crippen LogP contribution is -2.22. The van der Waals surface area contributed by atoms with E-state index in [1.807, 2.05) is 30.3 Å². The van der Waals surface area contributed by atoms with Crippen LogP contribution in [0.15, 0.2) is 47.6 Å². The number of nitrogens with zero attached hydrogens (tertiary/aromatic N) is 3. The molecule has 1 aliphatic rings. The number of methoxy groups -OCH3 is 1. The lowest BCUT2D eigenvalue weighted by atomic mass is 9.77. The van der Waals surface area contributed by atoms with E-state index in [-0.39, 0.29) is 12.0 Å². The molecule has 5 heteroatoms. The predicted molar refractivity (Wildman–Crippen MR) is 87.5 cm³/mol. The van der Waals surface area contributed by atoms with Gasteiger partial charge in [-0.25, -0.2) is 0 Å². The van der Waals surface area contributed by atoms with Crippen molar-refractivity contribution in [2.45, 2.75) is 24.8 Å². The second-order valence-corrected chi connectivity index (χ2v) is 5.85. The molecule has 3 rings (SSSR count). The van der Waals surface area contributed by atoms with Crippen molar-refractivity contribution in [1.29, 1.82) is 0 Å². The second-order valence-electron chi connectivity index (χ2n) is 5.45. The summed E-state index contributed by atoms with van der Waals surface area (Å²) >= 11 is 6.25. The largest absolute Gasteiger partial charge is 0.495 e. The Kier molecular flexibility index (Phi) is 4.23. The zero-order chi connectivity index (χ0) is 15.5. The summed E-state index contributed by atoms with van der Waals surface area (Å²) in [4.78, 5) is 2.98. The van der Waals surface area contributed by atoms with Crippen LogP contribution in [0.2, 0.25) is 5.02 Å². The summed E-state index contributed by atoms with van der Waals surface area (Å²) in [6, 6.07) is 14.2. The van der Waals surface area contributed by atoms with Crippen LogP contribution in [-0.4, -0.2) is 13.2 Å². The van der Waals surface area contributed by atoms with Crippen LogP contribution in [0.25, 0.3) is 10.4 Å². The van der Waals surface area contributed by atoms with Crippen molar-refractivity contribution in [2.75, 3.05) is 7.11 Å². The van der Waals surface area contributed by atoms with Gasteiger partial charge < -0.3 is 4.74 Å². The van der Waals surface area contributed by atoms with E-state index in [1.54, 1.807) is 7.11 Å². The quantitative estimate of drug-likeness (QED) is 0.441. The maximum atomic E-state index is 8.77. The van der Waals surface area contributed by atoms with Gasteiger partial charge in [0, 0.05) is 16.9 Å². The summed E-state index contributed by atoms with van der Waals surface area (Å²) in [5.74, 6) is 0.871. The van der Waals surface area contributed by atoms with Gasteiger partial charge in [-0.1, -0.05) is 47.0 Å². The van der Waals surface area contributed by atoms with Crippen molar-refractivity contribution < 1.29 is 4.74 Å². The first kappa shape index (κ1) is 14.8. The minimum Gasteiger partial charge on any atom is -0.495 e. The highest BCUT2D eigenvalue weighted by molar-refractivity contribution is 6.32. The van der Waals surface area contributed by atoms with Crippen molar-refractivity contribution in [3.8, 4) is 5.75 Å². The molecule has 4 nitrogen and oxygen atoms in total. The van der Waals surface area contributed by atoms with Gasteiger partial charge in [0.1, 0.15) is 5.75 Å². The average molecular weight is 314 g/mol. The molecule has 2 aromatic carbocycles. The van der Waals surface area contributed by atoms with Crippen LogP contribution in [0.1, 0.15) is 29.0 Å². The standard InChI is InChI=1S/C17H16ClN3O/c1-22-17-10-15-12(8-16(17)18)7-13(20-21-19)9-14(15)11-5-3-2-4-6-11/h2-6,8,10,13-14H,7,9H2,1H3/t13-,14+/m1/s1. The van der Waals surface area contributed by atoms with Crippen LogP contribution in [0.3, 0.4) is 0 Å². The third kappa shape index (κ3) is 2.76. The van der Waals surface area contributed by atoms with Gasteiger partial charge in [0.25, 0.3) is 0 Å². The van der Waals surface area contributed by atoms with Crippen LogP contribution in [0.5, 0.6) is 5.75 Å². The number of rotatable bonds is 3. The molecule has 0 unspecified atom stereocenters. The van der Waals surface area contributed by atoms with Crippen LogP contribution in [-0.2, 0) is 6.42 Å². The van der Waals surface area contributed by atoms with E-state index in [9.17, 15) is 0 Å². The molecule has 0 spiro atoms. The van der Waals surface area contributed by atoms with Crippen molar-refractivity contribution >= 4 is 11.6 Å². The minimum atomic E-state index is -0.0489. The maximum Gasteiger partial charge on any atom is 0.137 e. The minimum absolute atomic E-state index is 0.0489. The first-order valence-corrected chi connectivity index (χ1v) is 7.56. The van der Waals surface area contributed by atoms with E-state index in [0.29, 0.717) is 17.2 Å². The highest BCUT2D eigenvalue weighted by Gasteiger charge is 2.28. The van der Waals surface area contributed by atoms with Crippen LogP contribution in [0, 0.1) is 0 Å². The summed E-state index contributed by atoms with van der Waals surface area (Å²) in [7, 11) is 1.62. The Bertz CT molecular complexity index is 726. The Morgan fingerprint density at radius 1 is 1.27 bits per heavy atom. The topological polar surface area (TPSA) is 58.0 Å². The predicted octanol–water partition coefficient (Wildman–Crippen LogP) is 5.11. The fourth-order valence-electron chi connectivity index (χ4n) is 3.17. The van der Waals surface area contributed by atoms with E-state index < -0.39 is 0 Å². The normalized spacial score (nSPS) is 19.9. The molecule has 0 bridgehead atoms. The molecule has 0 aromatic heterocycles. The Labute approximate surface area is 134 Å². The summed E-state index contributed by atoms with van der Waals surface area (Å²) < 4.78 is 5.36. The summed E-state index contributed by atoms with van der Waals surface area (Å²) in [5.41, 5.74) is 12.3. The highest BCUT2D eigenvalue weighted by atomic mass is 35.5. The van der Waals surface area contributed by atoms with Gasteiger partial charge in [-0.2, -0.15) is 0 Å². The number of hydrogen-bond donors (Lipinski definition) is 0. The highest BCUT2D eigenvalue weighted by Crippen LogP contribution is 2.41. The molecular formula is C17H16ClN3O. The molecule has 0 saturated heterocycles. The Morgan fingerprint density at radius 2 is 2.05 bits per heavy atom. The number of benzene rings is 2. The number of azide groups is 1. The first-order chi connectivity index (χ1) is 10.7. The Morgan fingerprint density at radius 3 is 2.73 bits per heavy atom. The summed E-state index contributed by atoms with van der Waals surface area (Å²) in [6.07, 6.45) is 1.51. The smallest absolute Gasteiger partial charge is 0.137 e. The second kappa shape index (κ2) is 6.30. The fourth-order valence-corrected chi connectivity index (χ4v) is 3.43. The molecule has 1 aliphatic carbocycles. The molecule has 0 heterocycles. The van der Waals surface area contributed by atoms with Gasteiger partial charge >= 0.3 is 0 Å². The molecule has 0 radical (unpaired) electrons. The van der Waals surface area contributed by atoms with Gasteiger partial charge in [-0.15, -0.1) is 0 Å². The van der Waals surface area contributed by atoms with Gasteiger partial charge in [-0.3, -0.25) is 0 Å². The van der Waals surface area contributed by atoms with Crippen molar-refractivity contribution in [3.05, 3.63) is 74.6 Å². The van der Waals surface area contributed by atoms with E-state index in [0.717, 1.165) is 12.0 Å². The average Bonchev–Trinajstić information content (AvgIpc) is 2.54. The fraction of sp³-hybridized carbons (Fsp3) is 0.294. The van der Waals surface area contributed by atoms with E-state index in [2.05, 4.69) is 22.2 Å². The number of ether oxygens (including phenoxy) is 1. The summed E-state index contributed by atoms with van der Waals surface area (Å²) in [6.45, 7) is 0. The van der Waals surface area contributed by atoms with E-state index in [1.165, 1.54) is 11.1 Å². The molecular weight excluding hydrogens is 298 g/mol. The molecule has 22 heavy (non-hydrogen) atoms. The molecule has 0 amide bonds. The van der Waals surface area contributed by atoms with Gasteiger partial charge in [0.05, 0.1) is 12.1 Å². The lowest BCUT2D eigenvalue weighted by molar-refractivity contribution is 0.412. The molecule has 112 valence electrons. The third-order valence-electron chi connectivity index (χ3n) is 4.17. The SMILES string of the molecule is COc1cc2c(cc1Cl)C[C@@H](N=[N+]=[N-])C[C@H]2c1ccccc1. The molecule has 0 saturated carbocycles. The molecule has 2 atom stereocenters. The first-order valence-electron chi connectivity index (χ1n) is 7.18. The van der Waals surface area contributed by atoms with Crippen LogP contribution in [0.4, 0.5) is 0 Å².